The van der Waals surface area contributed by atoms with Gasteiger partial charge in [0.1, 0.15) is 0 Å². The molecular formula is C22H18ClN3O2S. The zero-order valence-electron chi connectivity index (χ0n) is 15.3. The molecule has 0 aliphatic rings. The molecule has 0 spiro atoms. The van der Waals surface area contributed by atoms with Gasteiger partial charge in [0.05, 0.1) is 22.0 Å². The number of hydrogen-bond acceptors (Lipinski definition) is 3. The summed E-state index contributed by atoms with van der Waals surface area (Å²) < 4.78 is 0. The van der Waals surface area contributed by atoms with Crippen molar-refractivity contribution in [2.75, 3.05) is 11.1 Å². The van der Waals surface area contributed by atoms with Gasteiger partial charge >= 0.3 is 5.69 Å². The number of imidazole rings is 1. The first kappa shape index (κ1) is 19.4. The van der Waals surface area contributed by atoms with Crippen molar-refractivity contribution in [3.05, 3.63) is 99.4 Å². The third-order valence-corrected chi connectivity index (χ3v) is 6.01. The summed E-state index contributed by atoms with van der Waals surface area (Å²) in [4.78, 5) is 29.3. The maximum atomic E-state index is 12.5. The maximum absolute atomic E-state index is 12.5. The van der Waals surface area contributed by atoms with Gasteiger partial charge in [-0.3, -0.25) is 4.79 Å². The third-order valence-electron chi connectivity index (χ3n) is 4.46. The van der Waals surface area contributed by atoms with Gasteiger partial charge in [-0.2, -0.15) is 0 Å². The number of nitrogens with one attached hydrogen (secondary N) is 3. The zero-order valence-corrected chi connectivity index (χ0v) is 16.9. The Kier molecular flexibility index (Phi) is 5.74. The van der Waals surface area contributed by atoms with Crippen molar-refractivity contribution in [1.29, 1.82) is 0 Å². The Labute approximate surface area is 176 Å². The number of rotatable bonds is 6. The molecule has 1 atom stereocenters. The Hall–Kier alpha value is -2.96. The molecule has 0 aliphatic carbocycles. The molecule has 7 heteroatoms. The van der Waals surface area contributed by atoms with Crippen LogP contribution in [0.4, 0.5) is 5.69 Å². The normalized spacial score (nSPS) is 12.0. The fourth-order valence-corrected chi connectivity index (χ4v) is 4.33. The van der Waals surface area contributed by atoms with Gasteiger partial charge in [-0.1, -0.05) is 54.1 Å². The molecule has 29 heavy (non-hydrogen) atoms. The molecule has 0 saturated carbocycles. The molecule has 3 N–H and O–H groups in total. The molecule has 0 aliphatic heterocycles. The minimum atomic E-state index is -0.271. The van der Waals surface area contributed by atoms with Crippen molar-refractivity contribution >= 4 is 46.0 Å². The summed E-state index contributed by atoms with van der Waals surface area (Å²) in [5.74, 6) is 0.172. The van der Waals surface area contributed by atoms with E-state index in [1.165, 1.54) is 0 Å². The van der Waals surface area contributed by atoms with Gasteiger partial charge in [-0.25, -0.2) is 4.79 Å². The summed E-state index contributed by atoms with van der Waals surface area (Å²) in [6, 6.07) is 23.0. The van der Waals surface area contributed by atoms with E-state index < -0.39 is 0 Å². The predicted molar refractivity (Wildman–Crippen MR) is 120 cm³/mol. The van der Waals surface area contributed by atoms with E-state index in [9.17, 15) is 9.59 Å². The van der Waals surface area contributed by atoms with Crippen molar-refractivity contribution < 1.29 is 4.79 Å². The first-order chi connectivity index (χ1) is 14.1. The third kappa shape index (κ3) is 4.72. The van der Waals surface area contributed by atoms with Gasteiger partial charge in [-0.05, 0) is 41.5 Å². The van der Waals surface area contributed by atoms with E-state index in [4.69, 9.17) is 11.6 Å². The summed E-state index contributed by atoms with van der Waals surface area (Å²) in [5, 5.41) is 3.59. The number of halogens is 1. The van der Waals surface area contributed by atoms with E-state index in [1.807, 2.05) is 42.5 Å². The predicted octanol–water partition coefficient (Wildman–Crippen LogP) is 4.97. The van der Waals surface area contributed by atoms with E-state index in [2.05, 4.69) is 27.4 Å². The maximum Gasteiger partial charge on any atom is 0.323 e. The highest BCUT2D eigenvalue weighted by atomic mass is 35.5. The van der Waals surface area contributed by atoms with Crippen LogP contribution in [-0.4, -0.2) is 21.6 Å². The van der Waals surface area contributed by atoms with Crippen molar-refractivity contribution in [1.82, 2.24) is 9.97 Å². The molecule has 4 rings (SSSR count). The van der Waals surface area contributed by atoms with Gasteiger partial charge in [0.15, 0.2) is 0 Å². The van der Waals surface area contributed by atoms with Crippen LogP contribution >= 0.6 is 23.4 Å². The highest BCUT2D eigenvalue weighted by molar-refractivity contribution is 8.00. The Morgan fingerprint density at radius 1 is 0.931 bits per heavy atom. The number of carbonyl (C=O) groups is 1. The number of benzene rings is 3. The Balaban J connectivity index is 1.48. The molecular weight excluding hydrogens is 406 g/mol. The summed E-state index contributed by atoms with van der Waals surface area (Å²) in [6.45, 7) is 0. The summed E-state index contributed by atoms with van der Waals surface area (Å²) in [7, 11) is 0. The number of fused-ring (bicyclic) bond motifs is 1. The van der Waals surface area contributed by atoms with Crippen molar-refractivity contribution in [3.63, 3.8) is 0 Å². The van der Waals surface area contributed by atoms with E-state index in [0.29, 0.717) is 21.7 Å². The van der Waals surface area contributed by atoms with Crippen LogP contribution in [0.1, 0.15) is 16.4 Å². The topological polar surface area (TPSA) is 77.8 Å². The van der Waals surface area contributed by atoms with Crippen LogP contribution in [-0.2, 0) is 4.79 Å². The number of aromatic amines is 2. The molecule has 0 fully saturated rings. The lowest BCUT2D eigenvalue weighted by molar-refractivity contribution is -0.113. The van der Waals surface area contributed by atoms with E-state index in [-0.39, 0.29) is 22.6 Å². The average molecular weight is 424 g/mol. The lowest BCUT2D eigenvalue weighted by Crippen LogP contribution is -2.15. The second kappa shape index (κ2) is 8.59. The molecule has 0 saturated heterocycles. The van der Waals surface area contributed by atoms with Crippen molar-refractivity contribution in [2.24, 2.45) is 0 Å². The first-order valence-corrected chi connectivity index (χ1v) is 10.4. The van der Waals surface area contributed by atoms with E-state index >= 15 is 0 Å². The molecule has 3 aromatic carbocycles. The molecule has 0 bridgehead atoms. The van der Waals surface area contributed by atoms with Crippen molar-refractivity contribution in [2.45, 2.75) is 5.25 Å². The number of hydrogen-bond donors (Lipinski definition) is 3. The molecule has 0 radical (unpaired) electrons. The quantitative estimate of drug-likeness (QED) is 0.409. The highest BCUT2D eigenvalue weighted by Crippen LogP contribution is 2.36. The monoisotopic (exact) mass is 423 g/mol. The first-order valence-electron chi connectivity index (χ1n) is 9.02. The second-order valence-electron chi connectivity index (χ2n) is 6.54. The van der Waals surface area contributed by atoms with Crippen LogP contribution in [0.3, 0.4) is 0 Å². The molecule has 1 aromatic heterocycles. The second-order valence-corrected chi connectivity index (χ2v) is 8.07. The molecule has 4 aromatic rings. The molecule has 1 heterocycles. The van der Waals surface area contributed by atoms with Crippen LogP contribution in [0.2, 0.25) is 5.02 Å². The number of amides is 1. The number of thioether (sulfide) groups is 1. The minimum Gasteiger partial charge on any atom is -0.325 e. The van der Waals surface area contributed by atoms with Gasteiger partial charge in [0.2, 0.25) is 5.91 Å². The largest absolute Gasteiger partial charge is 0.325 e. The average Bonchev–Trinajstić information content (AvgIpc) is 3.09. The summed E-state index contributed by atoms with van der Waals surface area (Å²) in [6.07, 6.45) is 0. The fourth-order valence-electron chi connectivity index (χ4n) is 3.12. The lowest BCUT2D eigenvalue weighted by atomic mass is 10.0. The van der Waals surface area contributed by atoms with E-state index in [1.54, 1.807) is 30.0 Å². The van der Waals surface area contributed by atoms with Crippen molar-refractivity contribution in [3.8, 4) is 0 Å². The van der Waals surface area contributed by atoms with Crippen LogP contribution in [0.15, 0.2) is 77.6 Å². The van der Waals surface area contributed by atoms with Crippen LogP contribution in [0.25, 0.3) is 11.0 Å². The smallest absolute Gasteiger partial charge is 0.323 e. The Bertz CT molecular complexity index is 1190. The summed E-state index contributed by atoms with van der Waals surface area (Å²) in [5.41, 5.74) is 3.94. The van der Waals surface area contributed by atoms with Gasteiger partial charge < -0.3 is 15.3 Å². The zero-order chi connectivity index (χ0) is 20.2. The van der Waals surface area contributed by atoms with Gasteiger partial charge in [-0.15, -0.1) is 11.8 Å². The number of carbonyl (C=O) groups excluding carboxylic acids is 1. The lowest BCUT2D eigenvalue weighted by Gasteiger charge is -2.18. The van der Waals surface area contributed by atoms with Crippen LogP contribution < -0.4 is 11.0 Å². The summed E-state index contributed by atoms with van der Waals surface area (Å²) >= 11 is 7.58. The molecule has 1 amide bonds. The standard InChI is InChI=1S/C22H18ClN3O2S/c23-16-8-6-15(7-9-16)21(14-4-2-1-3-5-14)29-13-20(27)24-17-10-11-18-19(12-17)26-22(28)25-18/h1-12,21H,13H2,(H,24,27)(H2,25,26,28). The highest BCUT2D eigenvalue weighted by Gasteiger charge is 2.17. The number of aromatic nitrogens is 2. The Morgan fingerprint density at radius 2 is 1.62 bits per heavy atom. The van der Waals surface area contributed by atoms with Crippen LogP contribution in [0.5, 0.6) is 0 Å². The minimum absolute atomic E-state index is 0.0164. The van der Waals surface area contributed by atoms with Gasteiger partial charge in [0.25, 0.3) is 0 Å². The fraction of sp³-hybridized carbons (Fsp3) is 0.0909. The number of anilines is 1. The SMILES string of the molecule is O=C(CSC(c1ccccc1)c1ccc(Cl)cc1)Nc1ccc2[nH]c(=O)[nH]c2c1. The Morgan fingerprint density at radius 3 is 2.38 bits per heavy atom. The number of H-pyrrole nitrogens is 2. The van der Waals surface area contributed by atoms with Crippen LogP contribution in [0, 0.1) is 0 Å². The molecule has 146 valence electrons. The van der Waals surface area contributed by atoms with Gasteiger partial charge in [0, 0.05) is 10.7 Å². The molecule has 1 unspecified atom stereocenters. The van der Waals surface area contributed by atoms with E-state index in [0.717, 1.165) is 11.1 Å². The molecule has 5 nitrogen and oxygen atoms in total.